The molecule has 4 nitrogen and oxygen atoms in total. The third-order valence-corrected chi connectivity index (χ3v) is 4.51. The van der Waals surface area contributed by atoms with E-state index in [1.165, 1.54) is 0 Å². The van der Waals surface area contributed by atoms with E-state index >= 15 is 0 Å². The molecule has 1 amide bonds. The average Bonchev–Trinajstić information content (AvgIpc) is 3.08. The number of carbonyl (C=O) groups is 1. The SMILES string of the molecule is CN(C)c1ccc(NC(=O)c2ccc(-c3cccc(Cl)c3Cl)o2)cc1. The molecule has 0 bridgehead atoms. The minimum absolute atomic E-state index is 0.197. The predicted octanol–water partition coefficient (Wildman–Crippen LogP) is 5.57. The number of hydrogen-bond acceptors (Lipinski definition) is 3. The van der Waals surface area contributed by atoms with Crippen molar-refractivity contribution in [2.45, 2.75) is 0 Å². The lowest BCUT2D eigenvalue weighted by Gasteiger charge is -2.12. The number of rotatable bonds is 4. The van der Waals surface area contributed by atoms with E-state index in [2.05, 4.69) is 5.32 Å². The monoisotopic (exact) mass is 374 g/mol. The fraction of sp³-hybridized carbons (Fsp3) is 0.105. The number of halogens is 2. The van der Waals surface area contributed by atoms with Gasteiger partial charge in [-0.2, -0.15) is 0 Å². The highest BCUT2D eigenvalue weighted by molar-refractivity contribution is 6.43. The van der Waals surface area contributed by atoms with Gasteiger partial charge >= 0.3 is 0 Å². The molecule has 3 aromatic rings. The normalized spacial score (nSPS) is 10.6. The number of hydrogen-bond donors (Lipinski definition) is 1. The molecular weight excluding hydrogens is 359 g/mol. The Kier molecular flexibility index (Phi) is 5.02. The Labute approximate surface area is 156 Å². The minimum Gasteiger partial charge on any atom is -0.451 e. The van der Waals surface area contributed by atoms with Gasteiger partial charge in [0.2, 0.25) is 0 Å². The molecule has 128 valence electrons. The number of nitrogens with zero attached hydrogens (tertiary/aromatic N) is 1. The molecule has 1 heterocycles. The van der Waals surface area contributed by atoms with E-state index in [0.29, 0.717) is 27.1 Å². The lowest BCUT2D eigenvalue weighted by molar-refractivity contribution is 0.0997. The van der Waals surface area contributed by atoms with Crippen molar-refractivity contribution in [3.8, 4) is 11.3 Å². The number of benzene rings is 2. The van der Waals surface area contributed by atoms with Crippen LogP contribution in [0.25, 0.3) is 11.3 Å². The average molecular weight is 375 g/mol. The van der Waals surface area contributed by atoms with E-state index in [4.69, 9.17) is 27.6 Å². The van der Waals surface area contributed by atoms with Crippen molar-refractivity contribution in [2.75, 3.05) is 24.3 Å². The van der Waals surface area contributed by atoms with Crippen molar-refractivity contribution >= 4 is 40.5 Å². The molecule has 0 aliphatic carbocycles. The van der Waals surface area contributed by atoms with E-state index in [9.17, 15) is 4.79 Å². The molecule has 0 aliphatic heterocycles. The summed E-state index contributed by atoms with van der Waals surface area (Å²) in [4.78, 5) is 14.3. The van der Waals surface area contributed by atoms with Crippen LogP contribution in [0, 0.1) is 0 Å². The summed E-state index contributed by atoms with van der Waals surface area (Å²) in [5.41, 5.74) is 2.38. The van der Waals surface area contributed by atoms with Gasteiger partial charge in [0.05, 0.1) is 10.0 Å². The van der Waals surface area contributed by atoms with Gasteiger partial charge in [0.25, 0.3) is 5.91 Å². The van der Waals surface area contributed by atoms with Crippen LogP contribution in [-0.4, -0.2) is 20.0 Å². The van der Waals surface area contributed by atoms with Gasteiger partial charge in [-0.3, -0.25) is 4.79 Å². The van der Waals surface area contributed by atoms with Crippen LogP contribution in [0.4, 0.5) is 11.4 Å². The second-order valence-corrected chi connectivity index (χ2v) is 6.45. The van der Waals surface area contributed by atoms with Gasteiger partial charge in [-0.05, 0) is 48.5 Å². The summed E-state index contributed by atoms with van der Waals surface area (Å²) in [5.74, 6) is 0.352. The van der Waals surface area contributed by atoms with E-state index < -0.39 is 0 Å². The molecule has 0 radical (unpaired) electrons. The molecule has 0 aliphatic rings. The second-order valence-electron chi connectivity index (χ2n) is 5.66. The standard InChI is InChI=1S/C19H16Cl2N2O2/c1-23(2)13-8-6-12(7-9-13)22-19(24)17-11-10-16(25-17)14-4-3-5-15(20)18(14)21/h3-11H,1-2H3,(H,22,24). The Morgan fingerprint density at radius 1 is 1.00 bits per heavy atom. The Morgan fingerprint density at radius 2 is 1.72 bits per heavy atom. The fourth-order valence-corrected chi connectivity index (χ4v) is 2.73. The third-order valence-electron chi connectivity index (χ3n) is 3.69. The summed E-state index contributed by atoms with van der Waals surface area (Å²) in [5, 5.41) is 3.63. The maximum atomic E-state index is 12.4. The number of anilines is 2. The van der Waals surface area contributed by atoms with E-state index in [-0.39, 0.29) is 11.7 Å². The Morgan fingerprint density at radius 3 is 2.40 bits per heavy atom. The first kappa shape index (κ1) is 17.4. The largest absolute Gasteiger partial charge is 0.451 e. The molecule has 1 aromatic heterocycles. The van der Waals surface area contributed by atoms with Gasteiger partial charge in [0, 0.05) is 31.0 Å². The van der Waals surface area contributed by atoms with Crippen LogP contribution in [0.1, 0.15) is 10.6 Å². The maximum Gasteiger partial charge on any atom is 0.291 e. The summed E-state index contributed by atoms with van der Waals surface area (Å²) < 4.78 is 5.64. The number of nitrogens with one attached hydrogen (secondary N) is 1. The molecule has 0 spiro atoms. The lowest BCUT2D eigenvalue weighted by Crippen LogP contribution is -2.11. The Bertz CT molecular complexity index is 902. The summed E-state index contributed by atoms with van der Waals surface area (Å²) in [6.07, 6.45) is 0. The molecule has 1 N–H and O–H groups in total. The van der Waals surface area contributed by atoms with Crippen LogP contribution < -0.4 is 10.2 Å². The molecular formula is C19H16Cl2N2O2. The summed E-state index contributed by atoms with van der Waals surface area (Å²) in [7, 11) is 3.91. The maximum absolute atomic E-state index is 12.4. The predicted molar refractivity (Wildman–Crippen MR) is 103 cm³/mol. The molecule has 6 heteroatoms. The summed E-state index contributed by atoms with van der Waals surface area (Å²) in [6.45, 7) is 0. The van der Waals surface area contributed by atoms with Crippen molar-refractivity contribution in [2.24, 2.45) is 0 Å². The van der Waals surface area contributed by atoms with Gasteiger partial charge in [-0.15, -0.1) is 0 Å². The van der Waals surface area contributed by atoms with Crippen molar-refractivity contribution in [1.29, 1.82) is 0 Å². The van der Waals surface area contributed by atoms with Crippen molar-refractivity contribution in [1.82, 2.24) is 0 Å². The molecule has 2 aromatic carbocycles. The zero-order valence-corrected chi connectivity index (χ0v) is 15.2. The topological polar surface area (TPSA) is 45.5 Å². The van der Waals surface area contributed by atoms with E-state index in [1.54, 1.807) is 30.3 Å². The van der Waals surface area contributed by atoms with Crippen molar-refractivity contribution in [3.63, 3.8) is 0 Å². The molecule has 3 rings (SSSR count). The highest BCUT2D eigenvalue weighted by Gasteiger charge is 2.15. The van der Waals surface area contributed by atoms with Crippen molar-refractivity contribution in [3.05, 3.63) is 70.4 Å². The second kappa shape index (κ2) is 7.21. The zero-order valence-electron chi connectivity index (χ0n) is 13.7. The minimum atomic E-state index is -0.331. The van der Waals surface area contributed by atoms with Crippen LogP contribution in [0.15, 0.2) is 59.0 Å². The number of furan rings is 1. The van der Waals surface area contributed by atoms with Gasteiger partial charge in [0.15, 0.2) is 5.76 Å². The molecule has 25 heavy (non-hydrogen) atoms. The van der Waals surface area contributed by atoms with Crippen LogP contribution in [0.2, 0.25) is 10.0 Å². The number of carbonyl (C=O) groups excluding carboxylic acids is 1. The van der Waals surface area contributed by atoms with Crippen LogP contribution in [0.5, 0.6) is 0 Å². The van der Waals surface area contributed by atoms with Gasteiger partial charge in [-0.25, -0.2) is 0 Å². The van der Waals surface area contributed by atoms with Crippen LogP contribution >= 0.6 is 23.2 Å². The van der Waals surface area contributed by atoms with E-state index in [0.717, 1.165) is 5.69 Å². The third kappa shape index (κ3) is 3.81. The quantitative estimate of drug-likeness (QED) is 0.648. The van der Waals surface area contributed by atoms with Gasteiger partial charge < -0.3 is 14.6 Å². The van der Waals surface area contributed by atoms with E-state index in [1.807, 2.05) is 43.3 Å². The number of amides is 1. The Balaban J connectivity index is 1.77. The van der Waals surface area contributed by atoms with Gasteiger partial charge in [-0.1, -0.05) is 29.3 Å². The highest BCUT2D eigenvalue weighted by Crippen LogP contribution is 2.34. The van der Waals surface area contributed by atoms with Crippen LogP contribution in [-0.2, 0) is 0 Å². The highest BCUT2D eigenvalue weighted by atomic mass is 35.5. The molecule has 0 saturated carbocycles. The molecule has 0 fully saturated rings. The van der Waals surface area contributed by atoms with Crippen LogP contribution in [0.3, 0.4) is 0 Å². The summed E-state index contributed by atoms with van der Waals surface area (Å²) in [6, 6.07) is 16.1. The van der Waals surface area contributed by atoms with Crippen molar-refractivity contribution < 1.29 is 9.21 Å². The molecule has 0 saturated heterocycles. The van der Waals surface area contributed by atoms with Gasteiger partial charge in [0.1, 0.15) is 5.76 Å². The first-order valence-electron chi connectivity index (χ1n) is 7.58. The first-order valence-corrected chi connectivity index (χ1v) is 8.34. The Hall–Kier alpha value is -2.43. The smallest absolute Gasteiger partial charge is 0.291 e. The zero-order chi connectivity index (χ0) is 18.0. The first-order chi connectivity index (χ1) is 12.0. The fourth-order valence-electron chi connectivity index (χ4n) is 2.33. The summed E-state index contributed by atoms with van der Waals surface area (Å²) >= 11 is 12.2. The molecule has 0 unspecified atom stereocenters. The lowest BCUT2D eigenvalue weighted by atomic mass is 10.2. The molecule has 0 atom stereocenters.